The van der Waals surface area contributed by atoms with Gasteiger partial charge in [-0.2, -0.15) is 0 Å². The Morgan fingerprint density at radius 3 is 2.93 bits per heavy atom. The maximum atomic E-state index is 12.0. The van der Waals surface area contributed by atoms with Crippen molar-refractivity contribution in [3.63, 3.8) is 0 Å². The maximum absolute atomic E-state index is 12.0. The van der Waals surface area contributed by atoms with Crippen molar-refractivity contribution < 1.29 is 9.90 Å². The Morgan fingerprint density at radius 2 is 2.29 bits per heavy atom. The fraction of sp³-hybridized carbons (Fsp3) is 0.900. The number of aliphatic hydroxyl groups is 1. The van der Waals surface area contributed by atoms with E-state index in [2.05, 4.69) is 5.32 Å². The summed E-state index contributed by atoms with van der Waals surface area (Å²) in [5.74, 6) is 0.194. The number of carbonyl (C=O) groups excluding carboxylic acids is 1. The predicted molar refractivity (Wildman–Crippen MR) is 52.8 cm³/mol. The smallest absolute Gasteiger partial charge is 0.240 e. The molecule has 1 aliphatic heterocycles. The number of amides is 1. The van der Waals surface area contributed by atoms with Crippen LogP contribution in [0.2, 0.25) is 0 Å². The van der Waals surface area contributed by atoms with E-state index in [0.717, 1.165) is 32.4 Å². The number of nitrogens with one attached hydrogen (secondary N) is 1. The number of carbonyl (C=O) groups is 1. The molecule has 2 aliphatic rings. The minimum absolute atomic E-state index is 0.0852. The molecule has 1 saturated heterocycles. The Balaban J connectivity index is 1.99. The van der Waals surface area contributed by atoms with E-state index in [9.17, 15) is 4.79 Å². The Kier molecular flexibility index (Phi) is 3.03. The second kappa shape index (κ2) is 4.28. The van der Waals surface area contributed by atoms with Gasteiger partial charge < -0.3 is 15.3 Å². The normalized spacial score (nSPS) is 29.1. The molecule has 4 nitrogen and oxygen atoms in total. The summed E-state index contributed by atoms with van der Waals surface area (Å²) in [5, 5.41) is 12.1. The molecular weight excluding hydrogens is 180 g/mol. The van der Waals surface area contributed by atoms with Gasteiger partial charge in [0, 0.05) is 19.2 Å². The van der Waals surface area contributed by atoms with E-state index in [-0.39, 0.29) is 18.6 Å². The van der Waals surface area contributed by atoms with Crippen molar-refractivity contribution in [3.8, 4) is 0 Å². The summed E-state index contributed by atoms with van der Waals surface area (Å²) in [6, 6.07) is 0.353. The summed E-state index contributed by atoms with van der Waals surface area (Å²) in [7, 11) is 0. The average molecular weight is 198 g/mol. The van der Waals surface area contributed by atoms with E-state index in [4.69, 9.17) is 5.11 Å². The highest BCUT2D eigenvalue weighted by atomic mass is 16.3. The van der Waals surface area contributed by atoms with Crippen LogP contribution in [0.5, 0.6) is 0 Å². The van der Waals surface area contributed by atoms with E-state index in [1.165, 1.54) is 0 Å². The number of hydrogen-bond acceptors (Lipinski definition) is 3. The van der Waals surface area contributed by atoms with Gasteiger partial charge in [0.1, 0.15) is 0 Å². The second-order valence-electron chi connectivity index (χ2n) is 4.14. The molecule has 0 radical (unpaired) electrons. The summed E-state index contributed by atoms with van der Waals surface area (Å²) in [6.45, 7) is 1.86. The molecule has 2 rings (SSSR count). The largest absolute Gasteiger partial charge is 0.396 e. The molecule has 1 amide bonds. The molecule has 1 saturated carbocycles. The van der Waals surface area contributed by atoms with Crippen LogP contribution in [0, 0.1) is 0 Å². The Bertz CT molecular complexity index is 216. The Labute approximate surface area is 84.3 Å². The van der Waals surface area contributed by atoms with Crippen molar-refractivity contribution >= 4 is 5.91 Å². The van der Waals surface area contributed by atoms with Crippen LogP contribution in [0.15, 0.2) is 0 Å². The van der Waals surface area contributed by atoms with E-state index in [1.807, 2.05) is 4.90 Å². The van der Waals surface area contributed by atoms with Gasteiger partial charge in [0.05, 0.1) is 6.04 Å². The highest BCUT2D eigenvalue weighted by Gasteiger charge is 2.36. The third kappa shape index (κ3) is 2.07. The van der Waals surface area contributed by atoms with E-state index in [1.54, 1.807) is 0 Å². The molecule has 1 heterocycles. The quantitative estimate of drug-likeness (QED) is 0.656. The van der Waals surface area contributed by atoms with Crippen LogP contribution in [0.1, 0.15) is 25.7 Å². The molecule has 1 atom stereocenters. The zero-order valence-corrected chi connectivity index (χ0v) is 8.41. The van der Waals surface area contributed by atoms with Crippen molar-refractivity contribution in [2.75, 3.05) is 19.7 Å². The molecular formula is C10H18N2O2. The minimum Gasteiger partial charge on any atom is -0.396 e. The van der Waals surface area contributed by atoms with Crippen molar-refractivity contribution in [2.45, 2.75) is 37.8 Å². The SMILES string of the molecule is O=C1C(CCO)NCCCN1C1CC1. The van der Waals surface area contributed by atoms with Gasteiger partial charge in [-0.25, -0.2) is 0 Å². The summed E-state index contributed by atoms with van der Waals surface area (Å²) < 4.78 is 0. The molecule has 2 fully saturated rings. The molecule has 1 unspecified atom stereocenters. The first kappa shape index (κ1) is 9.93. The topological polar surface area (TPSA) is 52.6 Å². The zero-order chi connectivity index (χ0) is 9.97. The molecule has 1 aliphatic carbocycles. The minimum atomic E-state index is -0.150. The monoisotopic (exact) mass is 198 g/mol. The van der Waals surface area contributed by atoms with Gasteiger partial charge in [-0.15, -0.1) is 0 Å². The maximum Gasteiger partial charge on any atom is 0.240 e. The van der Waals surface area contributed by atoms with Gasteiger partial charge >= 0.3 is 0 Å². The lowest BCUT2D eigenvalue weighted by atomic mass is 10.2. The van der Waals surface area contributed by atoms with Gasteiger partial charge in [0.2, 0.25) is 5.91 Å². The van der Waals surface area contributed by atoms with Gasteiger partial charge in [0.25, 0.3) is 0 Å². The lowest BCUT2D eigenvalue weighted by Crippen LogP contribution is -2.44. The fourth-order valence-corrected chi connectivity index (χ4v) is 2.03. The molecule has 0 spiro atoms. The molecule has 80 valence electrons. The highest BCUT2D eigenvalue weighted by molar-refractivity contribution is 5.82. The van der Waals surface area contributed by atoms with Gasteiger partial charge in [0.15, 0.2) is 0 Å². The summed E-state index contributed by atoms with van der Waals surface area (Å²) in [6.07, 6.45) is 3.90. The van der Waals surface area contributed by atoms with E-state index >= 15 is 0 Å². The molecule has 0 bridgehead atoms. The number of aliphatic hydroxyl groups excluding tert-OH is 1. The Hall–Kier alpha value is -0.610. The van der Waals surface area contributed by atoms with E-state index in [0.29, 0.717) is 12.5 Å². The Morgan fingerprint density at radius 1 is 1.50 bits per heavy atom. The number of nitrogens with zero attached hydrogens (tertiary/aromatic N) is 1. The molecule has 0 aromatic heterocycles. The van der Waals surface area contributed by atoms with Gasteiger partial charge in [-0.05, 0) is 32.2 Å². The first-order valence-electron chi connectivity index (χ1n) is 5.47. The zero-order valence-electron chi connectivity index (χ0n) is 8.41. The summed E-state index contributed by atoms with van der Waals surface area (Å²) >= 11 is 0. The second-order valence-corrected chi connectivity index (χ2v) is 4.14. The standard InChI is InChI=1S/C10H18N2O2/c13-7-4-9-10(14)12(8-2-3-8)6-1-5-11-9/h8-9,11,13H,1-7H2. The summed E-state index contributed by atoms with van der Waals surface area (Å²) in [4.78, 5) is 14.0. The van der Waals surface area contributed by atoms with Gasteiger partial charge in [-0.1, -0.05) is 0 Å². The van der Waals surface area contributed by atoms with Crippen molar-refractivity contribution in [2.24, 2.45) is 0 Å². The van der Waals surface area contributed by atoms with Crippen LogP contribution in [0.3, 0.4) is 0 Å². The number of hydrogen-bond donors (Lipinski definition) is 2. The fourth-order valence-electron chi connectivity index (χ4n) is 2.03. The molecule has 0 aromatic carbocycles. The van der Waals surface area contributed by atoms with Crippen LogP contribution >= 0.6 is 0 Å². The van der Waals surface area contributed by atoms with Crippen LogP contribution in [0.4, 0.5) is 0 Å². The van der Waals surface area contributed by atoms with Crippen molar-refractivity contribution in [1.82, 2.24) is 10.2 Å². The molecule has 0 aromatic rings. The van der Waals surface area contributed by atoms with Crippen LogP contribution < -0.4 is 5.32 Å². The lowest BCUT2D eigenvalue weighted by molar-refractivity contribution is -0.133. The average Bonchev–Trinajstić information content (AvgIpc) is 2.97. The first-order valence-corrected chi connectivity index (χ1v) is 5.47. The van der Waals surface area contributed by atoms with Gasteiger partial charge in [-0.3, -0.25) is 4.79 Å². The summed E-state index contributed by atoms with van der Waals surface area (Å²) in [5.41, 5.74) is 0. The highest BCUT2D eigenvalue weighted by Crippen LogP contribution is 2.28. The lowest BCUT2D eigenvalue weighted by Gasteiger charge is -2.23. The van der Waals surface area contributed by atoms with Crippen molar-refractivity contribution in [3.05, 3.63) is 0 Å². The van der Waals surface area contributed by atoms with Crippen LogP contribution in [-0.4, -0.2) is 47.7 Å². The molecule has 2 N–H and O–H groups in total. The molecule has 4 heteroatoms. The third-order valence-electron chi connectivity index (χ3n) is 2.95. The van der Waals surface area contributed by atoms with Crippen LogP contribution in [0.25, 0.3) is 0 Å². The van der Waals surface area contributed by atoms with Crippen LogP contribution in [-0.2, 0) is 4.79 Å². The predicted octanol–water partition coefficient (Wildman–Crippen LogP) is -0.278. The number of rotatable bonds is 3. The first-order chi connectivity index (χ1) is 6.83. The van der Waals surface area contributed by atoms with Crippen molar-refractivity contribution in [1.29, 1.82) is 0 Å². The van der Waals surface area contributed by atoms with E-state index < -0.39 is 0 Å². The third-order valence-corrected chi connectivity index (χ3v) is 2.95. The molecule has 14 heavy (non-hydrogen) atoms.